The fourth-order valence-corrected chi connectivity index (χ4v) is 6.86. The van der Waals surface area contributed by atoms with Gasteiger partial charge in [0.15, 0.2) is 0 Å². The third-order valence-corrected chi connectivity index (χ3v) is 9.91. The Morgan fingerprint density at radius 3 is 1.49 bits per heavy atom. The van der Waals surface area contributed by atoms with E-state index < -0.39 is 18.3 Å². The summed E-state index contributed by atoms with van der Waals surface area (Å²) >= 11 is 0. The summed E-state index contributed by atoms with van der Waals surface area (Å²) in [4.78, 5) is 0. The van der Waals surface area contributed by atoms with E-state index in [1.165, 1.54) is 60.1 Å². The van der Waals surface area contributed by atoms with Crippen LogP contribution in [0.25, 0.3) is 65.7 Å². The molecule has 0 radical (unpaired) electrons. The zero-order valence-corrected chi connectivity index (χ0v) is 26.2. The van der Waals surface area contributed by atoms with Gasteiger partial charge >= 0.3 is 7.12 Å². The van der Waals surface area contributed by atoms with Gasteiger partial charge in [0.2, 0.25) is 0 Å². The summed E-state index contributed by atoms with van der Waals surface area (Å²) in [7, 11) is -0.410. The first-order chi connectivity index (χ1) is 21.8. The quantitative estimate of drug-likeness (QED) is 0.152. The average Bonchev–Trinajstić information content (AvgIpc) is 3.29. The normalized spacial score (nSPS) is 15.7. The molecule has 0 aromatic heterocycles. The van der Waals surface area contributed by atoms with Crippen molar-refractivity contribution in [1.82, 2.24) is 0 Å². The van der Waals surface area contributed by atoms with Crippen LogP contribution in [0.1, 0.15) is 27.7 Å². The van der Waals surface area contributed by atoms with E-state index in [2.05, 4.69) is 167 Å². The second-order valence-corrected chi connectivity index (χ2v) is 13.2. The molecule has 0 saturated carbocycles. The van der Waals surface area contributed by atoms with Gasteiger partial charge in [-0.05, 0) is 98.9 Å². The minimum absolute atomic E-state index is 0.391. The average molecular weight is 583 g/mol. The monoisotopic (exact) mass is 582 g/mol. The van der Waals surface area contributed by atoms with Gasteiger partial charge in [0.25, 0.3) is 0 Å². The third kappa shape index (κ3) is 4.58. The van der Waals surface area contributed by atoms with Gasteiger partial charge in [-0.25, -0.2) is 0 Å². The van der Waals surface area contributed by atoms with E-state index in [9.17, 15) is 0 Å². The molecule has 0 spiro atoms. The Kier molecular flexibility index (Phi) is 6.46. The second kappa shape index (κ2) is 10.4. The van der Waals surface area contributed by atoms with Gasteiger partial charge in [0, 0.05) is 0 Å². The summed E-state index contributed by atoms with van der Waals surface area (Å²) in [5.41, 5.74) is 7.60. The van der Waals surface area contributed by atoms with Crippen molar-refractivity contribution in [3.8, 4) is 33.4 Å². The van der Waals surface area contributed by atoms with Crippen LogP contribution in [0.15, 0.2) is 140 Å². The summed E-state index contributed by atoms with van der Waals surface area (Å²) < 4.78 is 12.9. The van der Waals surface area contributed by atoms with E-state index in [0.29, 0.717) is 0 Å². The molecule has 0 aliphatic carbocycles. The third-order valence-electron chi connectivity index (χ3n) is 9.91. The van der Waals surface area contributed by atoms with Crippen LogP contribution in [0, 0.1) is 0 Å². The van der Waals surface area contributed by atoms with Crippen molar-refractivity contribution >= 4 is 44.9 Å². The van der Waals surface area contributed by atoms with Gasteiger partial charge in [0.1, 0.15) is 0 Å². The molecule has 0 N–H and O–H groups in total. The van der Waals surface area contributed by atoms with Crippen LogP contribution in [0.4, 0.5) is 0 Å². The first kappa shape index (κ1) is 27.8. The lowest BCUT2D eigenvalue weighted by atomic mass is 9.77. The van der Waals surface area contributed by atoms with Crippen LogP contribution < -0.4 is 5.46 Å². The maximum absolute atomic E-state index is 6.44. The molecule has 2 nitrogen and oxygen atoms in total. The van der Waals surface area contributed by atoms with Gasteiger partial charge in [-0.15, -0.1) is 0 Å². The largest absolute Gasteiger partial charge is 0.494 e. The molecule has 0 atom stereocenters. The summed E-state index contributed by atoms with van der Waals surface area (Å²) in [5, 5.41) is 7.48. The highest BCUT2D eigenvalue weighted by atomic mass is 16.7. The summed E-state index contributed by atoms with van der Waals surface area (Å²) in [6.45, 7) is 8.41. The number of hydrogen-bond acceptors (Lipinski definition) is 2. The Labute approximate surface area is 265 Å². The molecule has 0 bridgehead atoms. The predicted octanol–water partition coefficient (Wildman–Crippen LogP) is 10.4. The maximum Gasteiger partial charge on any atom is 0.494 e. The van der Waals surface area contributed by atoms with Crippen LogP contribution in [-0.4, -0.2) is 18.3 Å². The fraction of sp³-hybridized carbons (Fsp3) is 0.143. The Hall–Kier alpha value is -4.70. The topological polar surface area (TPSA) is 18.5 Å². The van der Waals surface area contributed by atoms with Crippen molar-refractivity contribution in [1.29, 1.82) is 0 Å². The standard InChI is InChI=1S/C42H35BO2/c1-41(2)42(3,4)45-43(44-41)32-16-11-15-31(27-32)40-37-20-9-7-18-35(37)39(36-19-8-10-21-38(36)40)30-25-23-29(24-26-30)34-22-12-14-28-13-5-6-17-33(28)34/h5-27H,1-4H3. The smallest absolute Gasteiger partial charge is 0.399 e. The van der Waals surface area contributed by atoms with E-state index in [1.807, 2.05) is 0 Å². The molecular formula is C42H35BO2. The molecule has 7 aromatic rings. The zero-order chi connectivity index (χ0) is 30.8. The first-order valence-electron chi connectivity index (χ1n) is 15.8. The van der Waals surface area contributed by atoms with Crippen molar-refractivity contribution in [2.75, 3.05) is 0 Å². The lowest BCUT2D eigenvalue weighted by Crippen LogP contribution is -2.41. The molecule has 7 aromatic carbocycles. The fourth-order valence-electron chi connectivity index (χ4n) is 6.86. The zero-order valence-electron chi connectivity index (χ0n) is 26.2. The number of fused-ring (bicyclic) bond motifs is 3. The molecule has 1 aliphatic rings. The molecule has 218 valence electrons. The second-order valence-electron chi connectivity index (χ2n) is 13.2. The number of rotatable bonds is 4. The van der Waals surface area contributed by atoms with Crippen molar-refractivity contribution in [2.24, 2.45) is 0 Å². The Morgan fingerprint density at radius 1 is 0.422 bits per heavy atom. The molecule has 1 aliphatic heterocycles. The van der Waals surface area contributed by atoms with Gasteiger partial charge in [-0.2, -0.15) is 0 Å². The molecule has 3 heteroatoms. The van der Waals surface area contributed by atoms with Crippen molar-refractivity contribution in [3.05, 3.63) is 140 Å². The molecule has 1 heterocycles. The molecule has 0 unspecified atom stereocenters. The lowest BCUT2D eigenvalue weighted by molar-refractivity contribution is 0.00578. The highest BCUT2D eigenvalue weighted by Crippen LogP contribution is 2.44. The van der Waals surface area contributed by atoms with Crippen LogP contribution >= 0.6 is 0 Å². The van der Waals surface area contributed by atoms with E-state index >= 15 is 0 Å². The summed E-state index contributed by atoms with van der Waals surface area (Å²) in [6, 6.07) is 50.6. The highest BCUT2D eigenvalue weighted by molar-refractivity contribution is 6.62. The molecular weight excluding hydrogens is 547 g/mol. The summed E-state index contributed by atoms with van der Waals surface area (Å²) in [5.74, 6) is 0. The molecule has 0 amide bonds. The van der Waals surface area contributed by atoms with Gasteiger partial charge < -0.3 is 9.31 Å². The van der Waals surface area contributed by atoms with Gasteiger partial charge in [-0.3, -0.25) is 0 Å². The Bertz CT molecular complexity index is 2150. The van der Waals surface area contributed by atoms with Crippen molar-refractivity contribution in [2.45, 2.75) is 38.9 Å². The van der Waals surface area contributed by atoms with E-state index in [1.54, 1.807) is 0 Å². The van der Waals surface area contributed by atoms with Gasteiger partial charge in [0.05, 0.1) is 11.2 Å². The predicted molar refractivity (Wildman–Crippen MR) is 191 cm³/mol. The van der Waals surface area contributed by atoms with Crippen LogP contribution in [0.3, 0.4) is 0 Å². The van der Waals surface area contributed by atoms with Crippen molar-refractivity contribution < 1.29 is 9.31 Å². The van der Waals surface area contributed by atoms with Crippen LogP contribution in [-0.2, 0) is 9.31 Å². The van der Waals surface area contributed by atoms with Gasteiger partial charge in [-0.1, -0.05) is 140 Å². The van der Waals surface area contributed by atoms with E-state index in [4.69, 9.17) is 9.31 Å². The number of hydrogen-bond donors (Lipinski definition) is 0. The van der Waals surface area contributed by atoms with Crippen LogP contribution in [0.5, 0.6) is 0 Å². The molecule has 1 saturated heterocycles. The Morgan fingerprint density at radius 2 is 0.889 bits per heavy atom. The first-order valence-corrected chi connectivity index (χ1v) is 15.8. The molecule has 1 fully saturated rings. The number of benzene rings is 7. The molecule has 8 rings (SSSR count). The van der Waals surface area contributed by atoms with Crippen LogP contribution in [0.2, 0.25) is 0 Å². The highest BCUT2D eigenvalue weighted by Gasteiger charge is 2.51. The minimum Gasteiger partial charge on any atom is -0.399 e. The SMILES string of the molecule is CC1(C)OB(c2cccc(-c3c4ccccc4c(-c4ccc(-c5cccc6ccccc56)cc4)c4ccccc34)c2)OC1(C)C. The molecule has 45 heavy (non-hydrogen) atoms. The Balaban J connectivity index is 1.28. The lowest BCUT2D eigenvalue weighted by Gasteiger charge is -2.32. The van der Waals surface area contributed by atoms with E-state index in [0.717, 1.165) is 11.0 Å². The van der Waals surface area contributed by atoms with E-state index in [-0.39, 0.29) is 0 Å². The van der Waals surface area contributed by atoms with Crippen molar-refractivity contribution in [3.63, 3.8) is 0 Å². The summed E-state index contributed by atoms with van der Waals surface area (Å²) in [6.07, 6.45) is 0. The minimum atomic E-state index is -0.410. The maximum atomic E-state index is 6.44.